The molecule has 8 aromatic carbocycles. The zero-order valence-corrected chi connectivity index (χ0v) is 28.3. The zero-order chi connectivity index (χ0) is 32.7. The molecule has 232 valence electrons. The van der Waals surface area contributed by atoms with Gasteiger partial charge in [0, 0.05) is 47.7 Å². The lowest BCUT2D eigenvalue weighted by Gasteiger charge is -2.29. The second kappa shape index (κ2) is 10.7. The Bertz CT molecular complexity index is 2750. The predicted molar refractivity (Wildman–Crippen MR) is 212 cm³/mol. The number of nitrogens with zero attached hydrogens (tertiary/aromatic N) is 1. The molecule has 0 aliphatic heterocycles. The number of thiophene rings is 1. The van der Waals surface area contributed by atoms with Gasteiger partial charge in [-0.2, -0.15) is 0 Å². The average molecular weight is 644 g/mol. The number of rotatable bonds is 4. The maximum atomic E-state index is 2.46. The minimum Gasteiger partial charge on any atom is -0.310 e. The Morgan fingerprint density at radius 2 is 1.12 bits per heavy atom. The highest BCUT2D eigenvalue weighted by molar-refractivity contribution is 7.26. The molecular formula is C47H33NS. The molecule has 2 heteroatoms. The molecule has 1 aliphatic rings. The third-order valence-corrected chi connectivity index (χ3v) is 11.9. The van der Waals surface area contributed by atoms with Crippen molar-refractivity contribution in [1.82, 2.24) is 0 Å². The molecule has 0 spiro atoms. The van der Waals surface area contributed by atoms with Crippen molar-refractivity contribution in [1.29, 1.82) is 0 Å². The van der Waals surface area contributed by atoms with E-state index in [0.29, 0.717) is 0 Å². The molecule has 0 amide bonds. The van der Waals surface area contributed by atoms with Gasteiger partial charge < -0.3 is 4.90 Å². The average Bonchev–Trinajstić information content (AvgIpc) is 3.64. The molecule has 9 aromatic rings. The number of hydrogen-bond donors (Lipinski definition) is 0. The van der Waals surface area contributed by atoms with Gasteiger partial charge in [-0.3, -0.25) is 0 Å². The molecule has 10 rings (SSSR count). The third kappa shape index (κ3) is 4.31. The summed E-state index contributed by atoms with van der Waals surface area (Å²) in [5, 5.41) is 7.73. The molecule has 0 atom stereocenters. The SMILES string of the molecule is CC1(C)c2ccccc2-c2ccc(N(c3ccc(-c4ccc5ccccc5c4)cc3)c3cccc4c3ccc3c5ccccc5sc43)cc21. The minimum absolute atomic E-state index is 0.0878. The summed E-state index contributed by atoms with van der Waals surface area (Å²) in [6, 6.07) is 60.6. The van der Waals surface area contributed by atoms with Gasteiger partial charge in [-0.15, -0.1) is 11.3 Å². The molecule has 0 N–H and O–H groups in total. The lowest BCUT2D eigenvalue weighted by Crippen LogP contribution is -2.16. The Hall–Kier alpha value is -5.70. The highest BCUT2D eigenvalue weighted by Gasteiger charge is 2.35. The summed E-state index contributed by atoms with van der Waals surface area (Å²) in [7, 11) is 0. The van der Waals surface area contributed by atoms with Crippen molar-refractivity contribution in [2.75, 3.05) is 4.90 Å². The summed E-state index contributed by atoms with van der Waals surface area (Å²) < 4.78 is 2.68. The molecule has 0 saturated carbocycles. The molecule has 0 radical (unpaired) electrons. The van der Waals surface area contributed by atoms with Crippen LogP contribution < -0.4 is 4.90 Å². The van der Waals surface area contributed by atoms with E-state index < -0.39 is 0 Å². The van der Waals surface area contributed by atoms with Gasteiger partial charge in [-0.1, -0.05) is 135 Å². The number of hydrogen-bond acceptors (Lipinski definition) is 2. The van der Waals surface area contributed by atoms with E-state index in [0.717, 1.165) is 5.69 Å². The first kappa shape index (κ1) is 28.3. The van der Waals surface area contributed by atoms with Crippen LogP contribution in [0.2, 0.25) is 0 Å². The Morgan fingerprint density at radius 3 is 2.02 bits per heavy atom. The lowest BCUT2D eigenvalue weighted by atomic mass is 9.82. The number of benzene rings is 8. The molecule has 1 nitrogen and oxygen atoms in total. The van der Waals surface area contributed by atoms with Gasteiger partial charge in [0.05, 0.1) is 5.69 Å². The highest BCUT2D eigenvalue weighted by Crippen LogP contribution is 2.51. The van der Waals surface area contributed by atoms with Crippen molar-refractivity contribution in [3.8, 4) is 22.3 Å². The van der Waals surface area contributed by atoms with E-state index in [1.165, 1.54) is 86.5 Å². The van der Waals surface area contributed by atoms with Crippen LogP contribution in [-0.4, -0.2) is 0 Å². The van der Waals surface area contributed by atoms with Gasteiger partial charge in [-0.05, 0) is 86.6 Å². The fraction of sp³-hybridized carbons (Fsp3) is 0.0638. The normalized spacial score (nSPS) is 13.3. The van der Waals surface area contributed by atoms with E-state index in [-0.39, 0.29) is 5.41 Å². The van der Waals surface area contributed by atoms with E-state index >= 15 is 0 Å². The highest BCUT2D eigenvalue weighted by atomic mass is 32.1. The van der Waals surface area contributed by atoms with Crippen LogP contribution >= 0.6 is 11.3 Å². The van der Waals surface area contributed by atoms with Crippen LogP contribution in [0.15, 0.2) is 164 Å². The van der Waals surface area contributed by atoms with Gasteiger partial charge in [0.25, 0.3) is 0 Å². The molecule has 1 aromatic heterocycles. The molecule has 0 bridgehead atoms. The quantitative estimate of drug-likeness (QED) is 0.184. The van der Waals surface area contributed by atoms with E-state index in [9.17, 15) is 0 Å². The van der Waals surface area contributed by atoms with Crippen molar-refractivity contribution < 1.29 is 0 Å². The maximum absolute atomic E-state index is 2.46. The van der Waals surface area contributed by atoms with Crippen molar-refractivity contribution in [2.45, 2.75) is 19.3 Å². The second-order valence-electron chi connectivity index (χ2n) is 13.8. The molecule has 0 unspecified atom stereocenters. The summed E-state index contributed by atoms with van der Waals surface area (Å²) in [6.07, 6.45) is 0. The first-order chi connectivity index (χ1) is 24.0. The Morgan fingerprint density at radius 1 is 0.449 bits per heavy atom. The van der Waals surface area contributed by atoms with Crippen LogP contribution in [0.5, 0.6) is 0 Å². The van der Waals surface area contributed by atoms with Gasteiger partial charge in [0.2, 0.25) is 0 Å². The van der Waals surface area contributed by atoms with Crippen molar-refractivity contribution in [3.05, 3.63) is 175 Å². The summed E-state index contributed by atoms with van der Waals surface area (Å²) in [6.45, 7) is 4.72. The van der Waals surface area contributed by atoms with E-state index in [4.69, 9.17) is 0 Å². The van der Waals surface area contributed by atoms with Crippen molar-refractivity contribution >= 4 is 70.1 Å². The van der Waals surface area contributed by atoms with Gasteiger partial charge in [0.15, 0.2) is 0 Å². The first-order valence-corrected chi connectivity index (χ1v) is 17.8. The smallest absolute Gasteiger partial charge is 0.0540 e. The third-order valence-electron chi connectivity index (χ3n) is 10.7. The second-order valence-corrected chi connectivity index (χ2v) is 14.8. The Kier molecular flexibility index (Phi) is 6.16. The standard InChI is InChI=1S/C47H33NS/c1-47(2)42-15-7-5-12-36(42)37-25-24-35(29-43(37)47)48(34-22-20-31(21-23-34)33-19-18-30-10-3-4-11-32(30)28-33)44-16-9-14-40-38(44)26-27-41-39-13-6-8-17-45(39)49-46(40)41/h3-29H,1-2H3. The van der Waals surface area contributed by atoms with Crippen LogP contribution in [0.1, 0.15) is 25.0 Å². The van der Waals surface area contributed by atoms with Crippen molar-refractivity contribution in [3.63, 3.8) is 0 Å². The van der Waals surface area contributed by atoms with Crippen molar-refractivity contribution in [2.24, 2.45) is 0 Å². The zero-order valence-electron chi connectivity index (χ0n) is 27.4. The van der Waals surface area contributed by atoms with E-state index in [1.807, 2.05) is 11.3 Å². The maximum Gasteiger partial charge on any atom is 0.0540 e. The van der Waals surface area contributed by atoms with Crippen LogP contribution in [0.4, 0.5) is 17.1 Å². The monoisotopic (exact) mass is 643 g/mol. The largest absolute Gasteiger partial charge is 0.310 e. The lowest BCUT2D eigenvalue weighted by molar-refractivity contribution is 0.660. The van der Waals surface area contributed by atoms with Crippen LogP contribution in [0.3, 0.4) is 0 Å². The van der Waals surface area contributed by atoms with Crippen LogP contribution in [0.25, 0.3) is 64.0 Å². The van der Waals surface area contributed by atoms with E-state index in [1.54, 1.807) is 0 Å². The molecule has 49 heavy (non-hydrogen) atoms. The van der Waals surface area contributed by atoms with Gasteiger partial charge >= 0.3 is 0 Å². The number of fused-ring (bicyclic) bond motifs is 9. The summed E-state index contributed by atoms with van der Waals surface area (Å²) in [4.78, 5) is 2.46. The van der Waals surface area contributed by atoms with Gasteiger partial charge in [0.1, 0.15) is 0 Å². The molecular weight excluding hydrogens is 611 g/mol. The summed E-state index contributed by atoms with van der Waals surface area (Å²) in [5.74, 6) is 0. The minimum atomic E-state index is -0.0878. The van der Waals surface area contributed by atoms with Crippen LogP contribution in [-0.2, 0) is 5.41 Å². The summed E-state index contributed by atoms with van der Waals surface area (Å²) in [5.41, 5.74) is 11.3. The fourth-order valence-electron chi connectivity index (χ4n) is 8.15. The van der Waals surface area contributed by atoms with Gasteiger partial charge in [-0.25, -0.2) is 0 Å². The first-order valence-electron chi connectivity index (χ1n) is 17.0. The Balaban J connectivity index is 1.17. The molecule has 1 heterocycles. The number of anilines is 3. The molecule has 0 fully saturated rings. The van der Waals surface area contributed by atoms with Crippen LogP contribution in [0, 0.1) is 0 Å². The Labute approximate surface area is 290 Å². The molecule has 1 aliphatic carbocycles. The molecule has 0 saturated heterocycles. The predicted octanol–water partition coefficient (Wildman–Crippen LogP) is 13.8. The van der Waals surface area contributed by atoms with E-state index in [2.05, 4.69) is 183 Å². The fourth-order valence-corrected chi connectivity index (χ4v) is 9.38. The summed E-state index contributed by atoms with van der Waals surface area (Å²) >= 11 is 1.89. The topological polar surface area (TPSA) is 3.24 Å².